The first-order chi connectivity index (χ1) is 11.5. The predicted octanol–water partition coefficient (Wildman–Crippen LogP) is 1.42. The highest BCUT2D eigenvalue weighted by atomic mass is 16.5. The summed E-state index contributed by atoms with van der Waals surface area (Å²) >= 11 is 0. The molecule has 0 spiro atoms. The summed E-state index contributed by atoms with van der Waals surface area (Å²) in [6.45, 7) is 1.95. The molecular formula is C17H22N2O5. The van der Waals surface area contributed by atoms with E-state index < -0.39 is 0 Å². The van der Waals surface area contributed by atoms with E-state index in [9.17, 15) is 14.4 Å². The van der Waals surface area contributed by atoms with E-state index in [4.69, 9.17) is 9.47 Å². The van der Waals surface area contributed by atoms with Crippen LogP contribution in [0.25, 0.3) is 0 Å². The average Bonchev–Trinajstić information content (AvgIpc) is 2.90. The highest BCUT2D eigenvalue weighted by Crippen LogP contribution is 2.29. The molecule has 0 unspecified atom stereocenters. The smallest absolute Gasteiger partial charge is 0.229 e. The van der Waals surface area contributed by atoms with Crippen LogP contribution in [0.15, 0.2) is 18.2 Å². The minimum Gasteiger partial charge on any atom is -0.497 e. The molecule has 24 heavy (non-hydrogen) atoms. The zero-order valence-corrected chi connectivity index (χ0v) is 14.1. The number of imide groups is 1. The van der Waals surface area contributed by atoms with Crippen LogP contribution in [0.3, 0.4) is 0 Å². The van der Waals surface area contributed by atoms with Crippen LogP contribution in [0.4, 0.5) is 0 Å². The zero-order chi connectivity index (χ0) is 17.7. The maximum Gasteiger partial charge on any atom is 0.229 e. The lowest BCUT2D eigenvalue weighted by Gasteiger charge is -2.19. The SMILES string of the molecule is COc1ccc(OC)c([C@@H](C)NC(=O)CCN2C(=O)CCC2=O)c1. The molecule has 1 aromatic carbocycles. The number of hydrogen-bond acceptors (Lipinski definition) is 5. The molecule has 7 heteroatoms. The summed E-state index contributed by atoms with van der Waals surface area (Å²) < 4.78 is 10.5. The molecule has 1 aliphatic rings. The third kappa shape index (κ3) is 4.04. The highest BCUT2D eigenvalue weighted by molar-refractivity contribution is 6.02. The van der Waals surface area contributed by atoms with Crippen molar-refractivity contribution in [1.29, 1.82) is 0 Å². The van der Waals surface area contributed by atoms with Crippen molar-refractivity contribution in [3.8, 4) is 11.5 Å². The molecule has 7 nitrogen and oxygen atoms in total. The Morgan fingerprint density at radius 1 is 1.21 bits per heavy atom. The lowest BCUT2D eigenvalue weighted by molar-refractivity contribution is -0.138. The molecule has 1 heterocycles. The van der Waals surface area contributed by atoms with Crippen molar-refractivity contribution in [1.82, 2.24) is 10.2 Å². The summed E-state index contributed by atoms with van der Waals surface area (Å²) in [5, 5.41) is 2.85. The van der Waals surface area contributed by atoms with Gasteiger partial charge in [0.1, 0.15) is 11.5 Å². The first-order valence-corrected chi connectivity index (χ1v) is 7.80. The van der Waals surface area contributed by atoms with Crippen molar-refractivity contribution >= 4 is 17.7 Å². The maximum absolute atomic E-state index is 12.1. The quantitative estimate of drug-likeness (QED) is 0.762. The predicted molar refractivity (Wildman–Crippen MR) is 86.7 cm³/mol. The van der Waals surface area contributed by atoms with Crippen LogP contribution >= 0.6 is 0 Å². The van der Waals surface area contributed by atoms with Crippen LogP contribution in [0.2, 0.25) is 0 Å². The number of carbonyl (C=O) groups excluding carboxylic acids is 3. The Kier molecular flexibility index (Phi) is 5.78. The zero-order valence-electron chi connectivity index (χ0n) is 14.1. The molecular weight excluding hydrogens is 312 g/mol. The van der Waals surface area contributed by atoms with E-state index in [2.05, 4.69) is 5.32 Å². The fourth-order valence-electron chi connectivity index (χ4n) is 2.65. The molecule has 0 bridgehead atoms. The normalized spacial score (nSPS) is 15.4. The second-order valence-electron chi connectivity index (χ2n) is 5.59. The molecule has 2 rings (SSSR count). The van der Waals surface area contributed by atoms with Gasteiger partial charge >= 0.3 is 0 Å². The second kappa shape index (κ2) is 7.81. The number of nitrogens with zero attached hydrogens (tertiary/aromatic N) is 1. The van der Waals surface area contributed by atoms with Gasteiger partial charge in [0.05, 0.1) is 20.3 Å². The van der Waals surface area contributed by atoms with E-state index in [1.54, 1.807) is 32.4 Å². The molecule has 3 amide bonds. The second-order valence-corrected chi connectivity index (χ2v) is 5.59. The number of nitrogens with one attached hydrogen (secondary N) is 1. The van der Waals surface area contributed by atoms with Gasteiger partial charge in [-0.15, -0.1) is 0 Å². The van der Waals surface area contributed by atoms with E-state index in [1.165, 1.54) is 0 Å². The fourth-order valence-corrected chi connectivity index (χ4v) is 2.65. The number of likely N-dealkylation sites (tertiary alicyclic amines) is 1. The van der Waals surface area contributed by atoms with Crippen LogP contribution in [-0.4, -0.2) is 43.4 Å². The largest absolute Gasteiger partial charge is 0.497 e. The monoisotopic (exact) mass is 334 g/mol. The number of carbonyl (C=O) groups is 3. The van der Waals surface area contributed by atoms with Crippen LogP contribution in [0.5, 0.6) is 11.5 Å². The Bertz CT molecular complexity index is 628. The Balaban J connectivity index is 1.96. The third-order valence-electron chi connectivity index (χ3n) is 4.00. The topological polar surface area (TPSA) is 84.9 Å². The highest BCUT2D eigenvalue weighted by Gasteiger charge is 2.29. The van der Waals surface area contributed by atoms with E-state index in [0.717, 1.165) is 10.5 Å². The van der Waals surface area contributed by atoms with Gasteiger partial charge in [-0.2, -0.15) is 0 Å². The van der Waals surface area contributed by atoms with Gasteiger partial charge in [0, 0.05) is 31.4 Å². The lowest BCUT2D eigenvalue weighted by atomic mass is 10.1. The summed E-state index contributed by atoms with van der Waals surface area (Å²) in [7, 11) is 3.13. The molecule has 130 valence electrons. The Labute approximate surface area is 140 Å². The van der Waals surface area contributed by atoms with Gasteiger partial charge in [0.2, 0.25) is 17.7 Å². The molecule has 1 saturated heterocycles. The number of rotatable bonds is 7. The van der Waals surface area contributed by atoms with Crippen molar-refractivity contribution in [2.75, 3.05) is 20.8 Å². The van der Waals surface area contributed by atoms with Crippen LogP contribution in [0.1, 0.15) is 37.8 Å². The third-order valence-corrected chi connectivity index (χ3v) is 4.00. The molecule has 0 saturated carbocycles. The van der Waals surface area contributed by atoms with E-state index in [-0.39, 0.29) is 49.6 Å². The van der Waals surface area contributed by atoms with Gasteiger partial charge in [0.25, 0.3) is 0 Å². The molecule has 0 radical (unpaired) electrons. The number of hydrogen-bond donors (Lipinski definition) is 1. The van der Waals surface area contributed by atoms with Gasteiger partial charge in [-0.05, 0) is 25.1 Å². The molecule has 1 N–H and O–H groups in total. The van der Waals surface area contributed by atoms with Crippen LogP contribution in [-0.2, 0) is 14.4 Å². The maximum atomic E-state index is 12.1. The summed E-state index contributed by atoms with van der Waals surface area (Å²) in [6, 6.07) is 5.06. The van der Waals surface area contributed by atoms with E-state index in [1.807, 2.05) is 6.92 Å². The van der Waals surface area contributed by atoms with Gasteiger partial charge in [-0.25, -0.2) is 0 Å². The molecule has 0 aromatic heterocycles. The minimum absolute atomic E-state index is 0.0775. The number of methoxy groups -OCH3 is 2. The fraction of sp³-hybridized carbons (Fsp3) is 0.471. The van der Waals surface area contributed by atoms with Gasteiger partial charge in [0.15, 0.2) is 0 Å². The summed E-state index contributed by atoms with van der Waals surface area (Å²) in [4.78, 5) is 36.3. The van der Waals surface area contributed by atoms with Gasteiger partial charge in [-0.1, -0.05) is 0 Å². The molecule has 1 aromatic rings. The molecule has 1 aliphatic heterocycles. The van der Waals surface area contributed by atoms with Crippen molar-refractivity contribution in [3.63, 3.8) is 0 Å². The van der Waals surface area contributed by atoms with E-state index in [0.29, 0.717) is 11.5 Å². The standard InChI is InChI=1S/C17H22N2O5/c1-11(13-10-12(23-2)4-5-14(13)24-3)18-15(20)8-9-19-16(21)6-7-17(19)22/h4-5,10-11H,6-9H2,1-3H3,(H,18,20)/t11-/m1/s1. The molecule has 0 aliphatic carbocycles. The van der Waals surface area contributed by atoms with Crippen molar-refractivity contribution in [3.05, 3.63) is 23.8 Å². The number of ether oxygens (including phenoxy) is 2. The van der Waals surface area contributed by atoms with Gasteiger partial charge in [-0.3, -0.25) is 19.3 Å². The summed E-state index contributed by atoms with van der Waals surface area (Å²) in [5.74, 6) is 0.652. The average molecular weight is 334 g/mol. The Morgan fingerprint density at radius 3 is 2.46 bits per heavy atom. The first kappa shape index (κ1) is 17.8. The number of amides is 3. The van der Waals surface area contributed by atoms with E-state index >= 15 is 0 Å². The molecule has 1 fully saturated rings. The minimum atomic E-state index is -0.299. The lowest BCUT2D eigenvalue weighted by Crippen LogP contribution is -2.35. The number of benzene rings is 1. The Hall–Kier alpha value is -2.57. The van der Waals surface area contributed by atoms with Crippen LogP contribution in [0, 0.1) is 0 Å². The first-order valence-electron chi connectivity index (χ1n) is 7.80. The van der Waals surface area contributed by atoms with Crippen molar-refractivity contribution in [2.45, 2.75) is 32.2 Å². The Morgan fingerprint density at radius 2 is 1.88 bits per heavy atom. The summed E-state index contributed by atoms with van der Waals surface area (Å²) in [5.41, 5.74) is 0.790. The van der Waals surface area contributed by atoms with Crippen molar-refractivity contribution in [2.24, 2.45) is 0 Å². The summed E-state index contributed by atoms with van der Waals surface area (Å²) in [6.07, 6.45) is 0.545. The van der Waals surface area contributed by atoms with Crippen molar-refractivity contribution < 1.29 is 23.9 Å². The molecule has 1 atom stereocenters. The van der Waals surface area contributed by atoms with Crippen LogP contribution < -0.4 is 14.8 Å². The van der Waals surface area contributed by atoms with Gasteiger partial charge < -0.3 is 14.8 Å².